The van der Waals surface area contributed by atoms with Crippen molar-refractivity contribution >= 4 is 5.95 Å². The van der Waals surface area contributed by atoms with Crippen molar-refractivity contribution in [2.24, 2.45) is 0 Å². The first-order chi connectivity index (χ1) is 4.33. The maximum atomic E-state index is 5.26. The number of nitrogens with one attached hydrogen (secondary N) is 1. The number of hydrogen-bond donors (Lipinski definition) is 2. The number of aromatic nitrogens is 3. The van der Waals surface area contributed by atoms with Crippen LogP contribution >= 0.6 is 0 Å². The zero-order valence-corrected chi connectivity index (χ0v) is 5.39. The monoisotopic (exact) mass is 126 g/mol. The number of aromatic amines is 1. The quantitative estimate of drug-likeness (QED) is 0.600. The van der Waals surface area contributed by atoms with Crippen LogP contribution < -0.4 is 5.73 Å². The lowest BCUT2D eigenvalue weighted by Crippen LogP contribution is -1.87. The molecule has 0 atom stereocenters. The minimum absolute atomic E-state index is 0.332. The minimum atomic E-state index is 0.332. The molecule has 1 aromatic rings. The van der Waals surface area contributed by atoms with Crippen LogP contribution in [-0.2, 0) is 6.42 Å². The fourth-order valence-electron chi connectivity index (χ4n) is 0.659. The second-order valence-corrected chi connectivity index (χ2v) is 1.89. The molecule has 0 aromatic carbocycles. The Balaban J connectivity index is 2.61. The van der Waals surface area contributed by atoms with Crippen molar-refractivity contribution in [3.05, 3.63) is 5.82 Å². The summed E-state index contributed by atoms with van der Waals surface area (Å²) >= 11 is 0. The number of nitrogens with two attached hydrogens (primary N) is 1. The lowest BCUT2D eigenvalue weighted by molar-refractivity contribution is 0.841. The van der Waals surface area contributed by atoms with Gasteiger partial charge >= 0.3 is 0 Å². The molecule has 0 saturated heterocycles. The van der Waals surface area contributed by atoms with Crippen LogP contribution in [-0.4, -0.2) is 15.2 Å². The summed E-state index contributed by atoms with van der Waals surface area (Å²) in [6.45, 7) is 2.08. The predicted octanol–water partition coefficient (Wildman–Crippen LogP) is 0.339. The first-order valence-corrected chi connectivity index (χ1v) is 2.99. The van der Waals surface area contributed by atoms with Crippen LogP contribution in [0.5, 0.6) is 0 Å². The Morgan fingerprint density at radius 2 is 2.44 bits per heavy atom. The van der Waals surface area contributed by atoms with E-state index in [2.05, 4.69) is 22.1 Å². The van der Waals surface area contributed by atoms with Crippen LogP contribution in [0.2, 0.25) is 0 Å². The molecule has 0 saturated carbocycles. The van der Waals surface area contributed by atoms with Gasteiger partial charge in [0, 0.05) is 6.42 Å². The van der Waals surface area contributed by atoms with Crippen LogP contribution in [0.4, 0.5) is 5.95 Å². The third kappa shape index (κ3) is 1.42. The van der Waals surface area contributed by atoms with Gasteiger partial charge in [-0.25, -0.2) is 0 Å². The Kier molecular flexibility index (Phi) is 1.67. The van der Waals surface area contributed by atoms with Gasteiger partial charge in [-0.15, -0.1) is 5.10 Å². The molecule has 4 nitrogen and oxygen atoms in total. The van der Waals surface area contributed by atoms with Crippen molar-refractivity contribution in [2.45, 2.75) is 19.8 Å². The number of rotatable bonds is 2. The van der Waals surface area contributed by atoms with Crippen LogP contribution in [0.25, 0.3) is 0 Å². The van der Waals surface area contributed by atoms with Gasteiger partial charge in [-0.05, 0) is 6.42 Å². The highest BCUT2D eigenvalue weighted by atomic mass is 15.3. The van der Waals surface area contributed by atoms with E-state index in [4.69, 9.17) is 5.73 Å². The van der Waals surface area contributed by atoms with E-state index in [0.29, 0.717) is 5.95 Å². The Bertz CT molecular complexity index is 181. The van der Waals surface area contributed by atoms with Crippen LogP contribution in [0.3, 0.4) is 0 Å². The van der Waals surface area contributed by atoms with Gasteiger partial charge in [0.25, 0.3) is 0 Å². The van der Waals surface area contributed by atoms with Crippen molar-refractivity contribution in [3.63, 3.8) is 0 Å². The van der Waals surface area contributed by atoms with Crippen LogP contribution in [0.1, 0.15) is 19.2 Å². The molecule has 0 bridgehead atoms. The highest BCUT2D eigenvalue weighted by Gasteiger charge is 1.94. The number of nitrogens with zero attached hydrogens (tertiary/aromatic N) is 2. The van der Waals surface area contributed by atoms with E-state index in [0.717, 1.165) is 18.7 Å². The third-order valence-corrected chi connectivity index (χ3v) is 1.04. The summed E-state index contributed by atoms with van der Waals surface area (Å²) in [6, 6.07) is 0. The maximum Gasteiger partial charge on any atom is 0.239 e. The van der Waals surface area contributed by atoms with Crippen molar-refractivity contribution in [1.29, 1.82) is 0 Å². The Morgan fingerprint density at radius 3 is 2.89 bits per heavy atom. The molecule has 9 heavy (non-hydrogen) atoms. The minimum Gasteiger partial charge on any atom is -0.367 e. The molecule has 0 fully saturated rings. The topological polar surface area (TPSA) is 67.6 Å². The van der Waals surface area contributed by atoms with Crippen molar-refractivity contribution < 1.29 is 0 Å². The highest BCUT2D eigenvalue weighted by molar-refractivity contribution is 5.12. The van der Waals surface area contributed by atoms with Gasteiger partial charge in [0.1, 0.15) is 5.82 Å². The molecule has 0 aliphatic rings. The molecule has 1 rings (SSSR count). The van der Waals surface area contributed by atoms with Gasteiger partial charge in [0.2, 0.25) is 5.95 Å². The Hall–Kier alpha value is -1.06. The van der Waals surface area contributed by atoms with Crippen molar-refractivity contribution in [1.82, 2.24) is 15.2 Å². The average Bonchev–Trinajstić information content (AvgIpc) is 2.17. The van der Waals surface area contributed by atoms with Gasteiger partial charge in [-0.1, -0.05) is 6.92 Å². The van der Waals surface area contributed by atoms with E-state index in [-0.39, 0.29) is 0 Å². The molecular weight excluding hydrogens is 116 g/mol. The van der Waals surface area contributed by atoms with E-state index in [1.54, 1.807) is 0 Å². The lowest BCUT2D eigenvalue weighted by Gasteiger charge is -1.84. The Morgan fingerprint density at radius 1 is 1.67 bits per heavy atom. The first-order valence-electron chi connectivity index (χ1n) is 2.99. The van der Waals surface area contributed by atoms with Gasteiger partial charge in [-0.3, -0.25) is 5.10 Å². The average molecular weight is 126 g/mol. The molecule has 4 heteroatoms. The van der Waals surface area contributed by atoms with Crippen molar-refractivity contribution in [3.8, 4) is 0 Å². The molecule has 1 aromatic heterocycles. The van der Waals surface area contributed by atoms with E-state index in [9.17, 15) is 0 Å². The van der Waals surface area contributed by atoms with Crippen LogP contribution in [0, 0.1) is 0 Å². The third-order valence-electron chi connectivity index (χ3n) is 1.04. The molecular formula is C5H10N4. The smallest absolute Gasteiger partial charge is 0.239 e. The molecule has 1 heterocycles. The summed E-state index contributed by atoms with van der Waals surface area (Å²) < 4.78 is 0. The number of H-pyrrole nitrogens is 1. The first kappa shape index (κ1) is 6.07. The number of aryl methyl sites for hydroxylation is 1. The summed E-state index contributed by atoms with van der Waals surface area (Å²) in [5.74, 6) is 1.20. The normalized spacial score (nSPS) is 9.89. The summed E-state index contributed by atoms with van der Waals surface area (Å²) in [5, 5.41) is 6.40. The standard InChI is InChI=1S/C5H10N4/c1-2-3-4-7-5(6)9-8-4/h2-3H2,1H3,(H3,6,7,8,9). The summed E-state index contributed by atoms with van der Waals surface area (Å²) in [7, 11) is 0. The lowest BCUT2D eigenvalue weighted by atomic mass is 10.3. The zero-order chi connectivity index (χ0) is 6.69. The van der Waals surface area contributed by atoms with Gasteiger partial charge in [-0.2, -0.15) is 4.98 Å². The second kappa shape index (κ2) is 2.48. The van der Waals surface area contributed by atoms with E-state index in [1.807, 2.05) is 0 Å². The highest BCUT2D eigenvalue weighted by Crippen LogP contribution is 1.95. The molecule has 3 N–H and O–H groups in total. The molecule has 0 spiro atoms. The maximum absolute atomic E-state index is 5.26. The fraction of sp³-hybridized carbons (Fsp3) is 0.600. The van der Waals surface area contributed by atoms with Gasteiger partial charge in [0.05, 0.1) is 0 Å². The molecule has 50 valence electrons. The van der Waals surface area contributed by atoms with E-state index in [1.165, 1.54) is 0 Å². The van der Waals surface area contributed by atoms with E-state index < -0.39 is 0 Å². The molecule has 0 amide bonds. The largest absolute Gasteiger partial charge is 0.367 e. The zero-order valence-electron chi connectivity index (χ0n) is 5.39. The van der Waals surface area contributed by atoms with Gasteiger partial charge < -0.3 is 5.73 Å². The number of hydrogen-bond acceptors (Lipinski definition) is 3. The van der Waals surface area contributed by atoms with Gasteiger partial charge in [0.15, 0.2) is 0 Å². The predicted molar refractivity (Wildman–Crippen MR) is 34.8 cm³/mol. The van der Waals surface area contributed by atoms with E-state index >= 15 is 0 Å². The van der Waals surface area contributed by atoms with Crippen LogP contribution in [0.15, 0.2) is 0 Å². The molecule has 0 radical (unpaired) electrons. The second-order valence-electron chi connectivity index (χ2n) is 1.89. The summed E-state index contributed by atoms with van der Waals surface area (Å²) in [6.07, 6.45) is 1.98. The molecule has 0 unspecified atom stereocenters. The Labute approximate surface area is 53.5 Å². The summed E-state index contributed by atoms with van der Waals surface area (Å²) in [5.41, 5.74) is 5.26. The molecule has 0 aliphatic carbocycles. The SMILES string of the molecule is CCCc1nc(N)n[nH]1. The summed E-state index contributed by atoms with van der Waals surface area (Å²) in [4.78, 5) is 3.91. The van der Waals surface area contributed by atoms with Crippen molar-refractivity contribution in [2.75, 3.05) is 5.73 Å². The fourth-order valence-corrected chi connectivity index (χ4v) is 0.659. The number of anilines is 1. The molecule has 0 aliphatic heterocycles. The number of nitrogen functional groups attached to an aromatic ring is 1.